The van der Waals surface area contributed by atoms with E-state index in [-0.39, 0.29) is 0 Å². The molecule has 0 saturated carbocycles. The van der Waals surface area contributed by atoms with Crippen LogP contribution in [0.3, 0.4) is 0 Å². The summed E-state index contributed by atoms with van der Waals surface area (Å²) in [7, 11) is 1.50. The summed E-state index contributed by atoms with van der Waals surface area (Å²) in [5, 5.41) is 3.38. The molecule has 1 fully saturated rings. The Morgan fingerprint density at radius 3 is 2.21 bits per heavy atom. The Bertz CT molecular complexity index is 227. The average molecular weight is 192 g/mol. The van der Waals surface area contributed by atoms with Crippen LogP contribution in [-0.2, 0) is 0 Å². The van der Waals surface area contributed by atoms with Gasteiger partial charge in [-0.05, 0) is 44.5 Å². The van der Waals surface area contributed by atoms with Crippen LogP contribution >= 0.6 is 0 Å². The lowest BCUT2D eigenvalue weighted by molar-refractivity contribution is 0.460. The minimum Gasteiger partial charge on any atom is -0.333 e. The standard InChI is InChI=1S/C11H15N.CH5N/c1-2-4-10(5-3-1)11-6-8-12-9-7-11;1-2/h1-5,11-12H,6-9H2;2H2,1H3. The maximum Gasteiger partial charge on any atom is -0.00431 e. The Morgan fingerprint density at radius 2 is 1.64 bits per heavy atom. The van der Waals surface area contributed by atoms with Crippen LogP contribution in [0.1, 0.15) is 24.3 Å². The fourth-order valence-corrected chi connectivity index (χ4v) is 1.88. The second-order valence-electron chi connectivity index (χ2n) is 3.43. The van der Waals surface area contributed by atoms with Gasteiger partial charge in [0.2, 0.25) is 0 Å². The third-order valence-electron chi connectivity index (χ3n) is 2.61. The zero-order valence-electron chi connectivity index (χ0n) is 8.87. The van der Waals surface area contributed by atoms with E-state index in [1.807, 2.05) is 0 Å². The molecule has 0 amide bonds. The van der Waals surface area contributed by atoms with Crippen molar-refractivity contribution >= 4 is 0 Å². The van der Waals surface area contributed by atoms with Crippen molar-refractivity contribution in [1.82, 2.24) is 5.32 Å². The first-order chi connectivity index (χ1) is 6.97. The predicted octanol–water partition coefficient (Wildman–Crippen LogP) is 1.73. The zero-order chi connectivity index (χ0) is 10.2. The number of benzene rings is 1. The van der Waals surface area contributed by atoms with Crippen LogP contribution in [0.4, 0.5) is 0 Å². The highest BCUT2D eigenvalue weighted by Crippen LogP contribution is 2.24. The molecule has 78 valence electrons. The van der Waals surface area contributed by atoms with Crippen molar-refractivity contribution < 1.29 is 0 Å². The summed E-state index contributed by atoms with van der Waals surface area (Å²) in [4.78, 5) is 0. The Hall–Kier alpha value is -0.860. The quantitative estimate of drug-likeness (QED) is 0.711. The normalized spacial score (nSPS) is 17.0. The highest BCUT2D eigenvalue weighted by molar-refractivity contribution is 5.19. The molecule has 0 bridgehead atoms. The van der Waals surface area contributed by atoms with Gasteiger partial charge in [0.05, 0.1) is 0 Å². The second kappa shape index (κ2) is 6.57. The number of hydrogen-bond donors (Lipinski definition) is 2. The van der Waals surface area contributed by atoms with Crippen molar-refractivity contribution in [3.05, 3.63) is 35.9 Å². The van der Waals surface area contributed by atoms with Gasteiger partial charge in [-0.2, -0.15) is 0 Å². The van der Waals surface area contributed by atoms with Crippen molar-refractivity contribution in [2.24, 2.45) is 5.73 Å². The van der Waals surface area contributed by atoms with Gasteiger partial charge in [-0.15, -0.1) is 0 Å². The highest BCUT2D eigenvalue weighted by Gasteiger charge is 2.13. The molecule has 3 N–H and O–H groups in total. The fourth-order valence-electron chi connectivity index (χ4n) is 1.88. The third-order valence-corrected chi connectivity index (χ3v) is 2.61. The summed E-state index contributed by atoms with van der Waals surface area (Å²) in [5.74, 6) is 0.799. The Morgan fingerprint density at radius 1 is 1.07 bits per heavy atom. The first kappa shape index (κ1) is 11.2. The van der Waals surface area contributed by atoms with Crippen LogP contribution in [-0.4, -0.2) is 20.1 Å². The Balaban J connectivity index is 0.000000461. The topological polar surface area (TPSA) is 38.0 Å². The van der Waals surface area contributed by atoms with Gasteiger partial charge >= 0.3 is 0 Å². The molecule has 2 heteroatoms. The van der Waals surface area contributed by atoms with E-state index in [1.54, 1.807) is 0 Å². The molecule has 14 heavy (non-hydrogen) atoms. The molecule has 1 aliphatic rings. The summed E-state index contributed by atoms with van der Waals surface area (Å²) >= 11 is 0. The SMILES string of the molecule is CN.c1ccc(C2CCNCC2)cc1. The summed E-state index contributed by atoms with van der Waals surface area (Å²) in [6.45, 7) is 2.36. The second-order valence-corrected chi connectivity index (χ2v) is 3.43. The van der Waals surface area contributed by atoms with Gasteiger partial charge in [0.1, 0.15) is 0 Å². The minimum atomic E-state index is 0.799. The van der Waals surface area contributed by atoms with Gasteiger partial charge in [-0.1, -0.05) is 30.3 Å². The molecule has 0 spiro atoms. The van der Waals surface area contributed by atoms with Crippen LogP contribution in [0.25, 0.3) is 0 Å². The van der Waals surface area contributed by atoms with Crippen LogP contribution < -0.4 is 11.1 Å². The number of piperidine rings is 1. The Kier molecular flexibility index (Phi) is 5.27. The molecule has 1 heterocycles. The molecule has 0 unspecified atom stereocenters. The maximum atomic E-state index is 4.50. The summed E-state index contributed by atoms with van der Waals surface area (Å²) in [6, 6.07) is 10.9. The highest BCUT2D eigenvalue weighted by atomic mass is 14.9. The monoisotopic (exact) mass is 192 g/mol. The fraction of sp³-hybridized carbons (Fsp3) is 0.500. The summed E-state index contributed by atoms with van der Waals surface area (Å²) < 4.78 is 0. The van der Waals surface area contributed by atoms with E-state index in [4.69, 9.17) is 0 Å². The maximum absolute atomic E-state index is 4.50. The van der Waals surface area contributed by atoms with Crippen molar-refractivity contribution in [2.45, 2.75) is 18.8 Å². The molecule has 0 atom stereocenters. The van der Waals surface area contributed by atoms with E-state index < -0.39 is 0 Å². The van der Waals surface area contributed by atoms with E-state index in [0.29, 0.717) is 0 Å². The molecule has 0 aromatic heterocycles. The van der Waals surface area contributed by atoms with Crippen LogP contribution in [0.5, 0.6) is 0 Å². The molecule has 1 aliphatic heterocycles. The molecule has 0 radical (unpaired) electrons. The Labute approximate surface area is 86.5 Å². The molecular formula is C12H20N2. The van der Waals surface area contributed by atoms with Gasteiger partial charge in [0.25, 0.3) is 0 Å². The van der Waals surface area contributed by atoms with Gasteiger partial charge in [-0.3, -0.25) is 0 Å². The summed E-state index contributed by atoms with van der Waals surface area (Å²) in [5.41, 5.74) is 6.01. The first-order valence-electron chi connectivity index (χ1n) is 5.30. The smallest absolute Gasteiger partial charge is 0.00431 e. The van der Waals surface area contributed by atoms with Crippen molar-refractivity contribution in [2.75, 3.05) is 20.1 Å². The largest absolute Gasteiger partial charge is 0.333 e. The lowest BCUT2D eigenvalue weighted by Gasteiger charge is -2.22. The number of hydrogen-bond acceptors (Lipinski definition) is 2. The van der Waals surface area contributed by atoms with E-state index >= 15 is 0 Å². The number of rotatable bonds is 1. The molecule has 2 rings (SSSR count). The third kappa shape index (κ3) is 3.13. The van der Waals surface area contributed by atoms with E-state index in [2.05, 4.69) is 41.4 Å². The van der Waals surface area contributed by atoms with Gasteiger partial charge in [-0.25, -0.2) is 0 Å². The van der Waals surface area contributed by atoms with Crippen LogP contribution in [0.2, 0.25) is 0 Å². The van der Waals surface area contributed by atoms with Gasteiger partial charge in [0, 0.05) is 0 Å². The molecular weight excluding hydrogens is 172 g/mol. The molecule has 1 aromatic rings. The lowest BCUT2D eigenvalue weighted by Crippen LogP contribution is -2.26. The minimum absolute atomic E-state index is 0.799. The average Bonchev–Trinajstić information content (AvgIpc) is 2.34. The number of nitrogens with one attached hydrogen (secondary N) is 1. The van der Waals surface area contributed by atoms with E-state index in [1.165, 1.54) is 38.5 Å². The van der Waals surface area contributed by atoms with Crippen molar-refractivity contribution in [3.8, 4) is 0 Å². The molecule has 0 aliphatic carbocycles. The van der Waals surface area contributed by atoms with Crippen molar-refractivity contribution in [1.29, 1.82) is 0 Å². The van der Waals surface area contributed by atoms with E-state index in [9.17, 15) is 0 Å². The van der Waals surface area contributed by atoms with Crippen LogP contribution in [0.15, 0.2) is 30.3 Å². The molecule has 2 nitrogen and oxygen atoms in total. The van der Waals surface area contributed by atoms with Crippen molar-refractivity contribution in [3.63, 3.8) is 0 Å². The van der Waals surface area contributed by atoms with Gasteiger partial charge < -0.3 is 11.1 Å². The van der Waals surface area contributed by atoms with Gasteiger partial charge in [0.15, 0.2) is 0 Å². The summed E-state index contributed by atoms with van der Waals surface area (Å²) in [6.07, 6.45) is 2.59. The lowest BCUT2D eigenvalue weighted by atomic mass is 9.90. The molecule has 1 aromatic carbocycles. The number of nitrogens with two attached hydrogens (primary N) is 1. The first-order valence-corrected chi connectivity index (χ1v) is 5.30. The molecule has 1 saturated heterocycles. The zero-order valence-corrected chi connectivity index (χ0v) is 8.87. The predicted molar refractivity (Wildman–Crippen MR) is 61.4 cm³/mol. The van der Waals surface area contributed by atoms with Crippen LogP contribution in [0, 0.1) is 0 Å². The van der Waals surface area contributed by atoms with E-state index in [0.717, 1.165) is 5.92 Å².